The van der Waals surface area contributed by atoms with E-state index >= 15 is 0 Å². The predicted octanol–water partition coefficient (Wildman–Crippen LogP) is 4.18. The highest BCUT2D eigenvalue weighted by atomic mass is 32.1. The van der Waals surface area contributed by atoms with Crippen molar-refractivity contribution in [3.63, 3.8) is 0 Å². The van der Waals surface area contributed by atoms with Crippen molar-refractivity contribution < 1.29 is 14.4 Å². The molecular weight excluding hydrogens is 368 g/mol. The van der Waals surface area contributed by atoms with E-state index < -0.39 is 4.92 Å². The summed E-state index contributed by atoms with van der Waals surface area (Å²) >= 11 is 1.38. The molecule has 0 saturated carbocycles. The predicted molar refractivity (Wildman–Crippen MR) is 105 cm³/mol. The van der Waals surface area contributed by atoms with Crippen LogP contribution in [0.25, 0.3) is 11.3 Å². The van der Waals surface area contributed by atoms with Gasteiger partial charge in [0.15, 0.2) is 0 Å². The zero-order chi connectivity index (χ0) is 19.2. The number of rotatable bonds is 7. The molecular formula is C18H16N4O4S. The molecule has 2 aromatic carbocycles. The molecule has 9 heteroatoms. The Morgan fingerprint density at radius 2 is 1.96 bits per heavy atom. The van der Waals surface area contributed by atoms with E-state index in [1.165, 1.54) is 23.5 Å². The number of non-ortho nitro benzene ring substituents is 1. The maximum Gasteiger partial charge on any atom is 0.269 e. The largest absolute Gasteiger partial charge is 0.497 e. The first-order chi connectivity index (χ1) is 13.1. The second kappa shape index (κ2) is 8.28. The van der Waals surface area contributed by atoms with Crippen molar-refractivity contribution in [3.05, 3.63) is 63.5 Å². The fourth-order valence-electron chi connectivity index (χ4n) is 2.31. The molecule has 0 atom stereocenters. The molecule has 8 nitrogen and oxygen atoms in total. The molecule has 0 unspecified atom stereocenters. The summed E-state index contributed by atoms with van der Waals surface area (Å²) in [5.41, 5.74) is 5.19. The first-order valence-electron chi connectivity index (χ1n) is 7.82. The Bertz CT molecular complexity index is 970. The van der Waals surface area contributed by atoms with E-state index in [9.17, 15) is 10.1 Å². The number of hydrogen-bond acceptors (Lipinski definition) is 8. The smallest absolute Gasteiger partial charge is 0.269 e. The fraction of sp³-hybridized carbons (Fsp3) is 0.111. The zero-order valence-electron chi connectivity index (χ0n) is 14.6. The third kappa shape index (κ3) is 4.39. The van der Waals surface area contributed by atoms with Gasteiger partial charge in [-0.15, -0.1) is 11.3 Å². The average molecular weight is 384 g/mol. The molecule has 3 aromatic rings. The van der Waals surface area contributed by atoms with Crippen molar-refractivity contribution in [3.8, 4) is 22.8 Å². The molecule has 1 aromatic heterocycles. The summed E-state index contributed by atoms with van der Waals surface area (Å²) in [6.45, 7) is 0. The van der Waals surface area contributed by atoms with Crippen LogP contribution in [0.3, 0.4) is 0 Å². The highest BCUT2D eigenvalue weighted by Gasteiger charge is 2.08. The molecule has 0 radical (unpaired) electrons. The van der Waals surface area contributed by atoms with E-state index in [1.807, 2.05) is 11.4 Å². The second-order valence-electron chi connectivity index (χ2n) is 5.32. The van der Waals surface area contributed by atoms with E-state index in [0.29, 0.717) is 22.3 Å². The van der Waals surface area contributed by atoms with Gasteiger partial charge in [-0.1, -0.05) is 0 Å². The van der Waals surface area contributed by atoms with E-state index in [-0.39, 0.29) is 5.69 Å². The number of thiazole rings is 1. The summed E-state index contributed by atoms with van der Waals surface area (Å²) < 4.78 is 10.5. The number of nitro benzene ring substituents is 1. The number of anilines is 1. The minimum absolute atomic E-state index is 0.0455. The highest BCUT2D eigenvalue weighted by molar-refractivity contribution is 7.14. The van der Waals surface area contributed by atoms with Gasteiger partial charge in [0.25, 0.3) is 5.69 Å². The van der Waals surface area contributed by atoms with Crippen molar-refractivity contribution in [2.75, 3.05) is 19.6 Å². The SMILES string of the molecule is COc1ccc(OC)c(/C=N\Nc2nc(-c3ccc([N+](=O)[O-])cc3)cs2)c1. The van der Waals surface area contributed by atoms with Crippen molar-refractivity contribution in [2.24, 2.45) is 5.10 Å². The van der Waals surface area contributed by atoms with Crippen LogP contribution >= 0.6 is 11.3 Å². The van der Waals surface area contributed by atoms with Gasteiger partial charge in [0.05, 0.1) is 31.1 Å². The van der Waals surface area contributed by atoms with Crippen LogP contribution in [-0.4, -0.2) is 30.3 Å². The lowest BCUT2D eigenvalue weighted by Gasteiger charge is -2.06. The Morgan fingerprint density at radius 3 is 2.63 bits per heavy atom. The molecule has 0 spiro atoms. The van der Waals surface area contributed by atoms with Gasteiger partial charge in [-0.2, -0.15) is 5.10 Å². The number of methoxy groups -OCH3 is 2. The standard InChI is InChI=1S/C18H16N4O4S/c1-25-15-7-8-17(26-2)13(9-15)10-19-21-18-20-16(11-27-18)12-3-5-14(6-4-12)22(23)24/h3-11H,1-2H3,(H,20,21)/b19-10-. The highest BCUT2D eigenvalue weighted by Crippen LogP contribution is 2.27. The van der Waals surface area contributed by atoms with Crippen molar-refractivity contribution in [1.82, 2.24) is 4.98 Å². The Labute approximate surface area is 159 Å². The van der Waals surface area contributed by atoms with Gasteiger partial charge in [0.2, 0.25) is 5.13 Å². The molecule has 0 fully saturated rings. The number of aromatic nitrogens is 1. The summed E-state index contributed by atoms with van der Waals surface area (Å²) in [5.74, 6) is 1.37. The maximum absolute atomic E-state index is 10.7. The first kappa shape index (κ1) is 18.3. The molecule has 1 heterocycles. The van der Waals surface area contributed by atoms with Gasteiger partial charge in [-0.25, -0.2) is 4.98 Å². The van der Waals surface area contributed by atoms with Crippen LogP contribution in [0.1, 0.15) is 5.56 Å². The van der Waals surface area contributed by atoms with E-state index in [1.54, 1.807) is 44.7 Å². The number of ether oxygens (including phenoxy) is 2. The fourth-order valence-corrected chi connectivity index (χ4v) is 2.98. The van der Waals surface area contributed by atoms with Crippen LogP contribution in [0.15, 0.2) is 52.9 Å². The Hall–Kier alpha value is -3.46. The maximum atomic E-state index is 10.7. The van der Waals surface area contributed by atoms with Crippen LogP contribution in [0.5, 0.6) is 11.5 Å². The molecule has 0 amide bonds. The van der Waals surface area contributed by atoms with Gasteiger partial charge in [-0.3, -0.25) is 15.5 Å². The molecule has 0 aliphatic carbocycles. The Kier molecular flexibility index (Phi) is 5.62. The third-order valence-corrected chi connectivity index (χ3v) is 4.43. The van der Waals surface area contributed by atoms with Crippen LogP contribution in [0, 0.1) is 10.1 Å². The quantitative estimate of drug-likeness (QED) is 0.373. The van der Waals surface area contributed by atoms with Gasteiger partial charge in [0, 0.05) is 28.6 Å². The van der Waals surface area contributed by atoms with Crippen LogP contribution < -0.4 is 14.9 Å². The molecule has 27 heavy (non-hydrogen) atoms. The summed E-state index contributed by atoms with van der Waals surface area (Å²) in [5, 5.41) is 17.4. The molecule has 0 bridgehead atoms. The van der Waals surface area contributed by atoms with Crippen molar-refractivity contribution >= 4 is 28.4 Å². The van der Waals surface area contributed by atoms with Gasteiger partial charge >= 0.3 is 0 Å². The number of hydrazone groups is 1. The zero-order valence-corrected chi connectivity index (χ0v) is 15.4. The average Bonchev–Trinajstić information content (AvgIpc) is 3.17. The summed E-state index contributed by atoms with van der Waals surface area (Å²) in [6.07, 6.45) is 1.62. The molecule has 3 rings (SSSR count). The van der Waals surface area contributed by atoms with Crippen LogP contribution in [-0.2, 0) is 0 Å². The number of nitrogens with one attached hydrogen (secondary N) is 1. The summed E-state index contributed by atoms with van der Waals surface area (Å²) in [7, 11) is 3.18. The molecule has 0 aliphatic heterocycles. The van der Waals surface area contributed by atoms with Crippen LogP contribution in [0.4, 0.5) is 10.8 Å². The van der Waals surface area contributed by atoms with Crippen molar-refractivity contribution in [2.45, 2.75) is 0 Å². The Balaban J connectivity index is 1.71. The second-order valence-corrected chi connectivity index (χ2v) is 6.18. The third-order valence-electron chi connectivity index (χ3n) is 3.68. The monoisotopic (exact) mass is 384 g/mol. The number of nitro groups is 1. The normalized spacial score (nSPS) is 10.7. The number of benzene rings is 2. The molecule has 138 valence electrons. The van der Waals surface area contributed by atoms with Gasteiger partial charge in [0.1, 0.15) is 11.5 Å². The number of nitrogens with zero attached hydrogens (tertiary/aromatic N) is 3. The van der Waals surface area contributed by atoms with E-state index in [2.05, 4.69) is 15.5 Å². The molecule has 1 N–H and O–H groups in total. The molecule has 0 saturated heterocycles. The topological polar surface area (TPSA) is 98.9 Å². The minimum atomic E-state index is -0.431. The Morgan fingerprint density at radius 1 is 1.19 bits per heavy atom. The lowest BCUT2D eigenvalue weighted by molar-refractivity contribution is -0.384. The van der Waals surface area contributed by atoms with Gasteiger partial charge < -0.3 is 9.47 Å². The lowest BCUT2D eigenvalue weighted by atomic mass is 10.1. The lowest BCUT2D eigenvalue weighted by Crippen LogP contribution is -1.95. The summed E-state index contributed by atoms with van der Waals surface area (Å²) in [6, 6.07) is 11.7. The minimum Gasteiger partial charge on any atom is -0.497 e. The van der Waals surface area contributed by atoms with Crippen LogP contribution in [0.2, 0.25) is 0 Å². The van der Waals surface area contributed by atoms with Crippen molar-refractivity contribution in [1.29, 1.82) is 0 Å². The van der Waals surface area contributed by atoms with Gasteiger partial charge in [-0.05, 0) is 30.3 Å². The first-order valence-corrected chi connectivity index (χ1v) is 8.70. The van der Waals surface area contributed by atoms with E-state index in [4.69, 9.17) is 9.47 Å². The van der Waals surface area contributed by atoms with E-state index in [0.717, 1.165) is 11.1 Å². The molecule has 0 aliphatic rings. The number of hydrogen-bond donors (Lipinski definition) is 1. The summed E-state index contributed by atoms with van der Waals surface area (Å²) in [4.78, 5) is 14.7.